The molecule has 0 unspecified atom stereocenters. The largest absolute Gasteiger partial charge is 0.0651 e. The fourth-order valence-corrected chi connectivity index (χ4v) is 11.0. The van der Waals surface area contributed by atoms with Gasteiger partial charge in [0.15, 0.2) is 0 Å². The fraction of sp³-hybridized carbons (Fsp3) is 0.194. The van der Waals surface area contributed by atoms with E-state index in [0.29, 0.717) is 0 Å². The summed E-state index contributed by atoms with van der Waals surface area (Å²) >= 11 is 0. The van der Waals surface area contributed by atoms with Gasteiger partial charge < -0.3 is 0 Å². The van der Waals surface area contributed by atoms with E-state index in [4.69, 9.17) is 0 Å². The Balaban J connectivity index is 1.50. The van der Waals surface area contributed by atoms with Gasteiger partial charge in [-0.2, -0.15) is 0 Å². The zero-order valence-electron chi connectivity index (χ0n) is 36.8. The third-order valence-corrected chi connectivity index (χ3v) is 13.4. The molecule has 10 aromatic rings. The molecule has 62 heavy (non-hydrogen) atoms. The SMILES string of the molecule is CCCc1c(CCC)c(CCC)c2cc3c(-c4ccccc4)c4cc5c(-c6ccccc6)c6ccccc6c(-c6ccccc6)c5cc4c(-c4ccccc4)c3cc2c1CCC. The highest BCUT2D eigenvalue weighted by Crippen LogP contribution is 2.51. The summed E-state index contributed by atoms with van der Waals surface area (Å²) in [6.07, 6.45) is 9.06. The van der Waals surface area contributed by atoms with Crippen LogP contribution in [-0.4, -0.2) is 0 Å². The lowest BCUT2D eigenvalue weighted by Crippen LogP contribution is -2.08. The Morgan fingerprint density at radius 3 is 0.726 bits per heavy atom. The van der Waals surface area contributed by atoms with Crippen molar-refractivity contribution in [1.82, 2.24) is 0 Å². The van der Waals surface area contributed by atoms with E-state index in [2.05, 4.69) is 198 Å². The molecule has 0 N–H and O–H groups in total. The molecule has 0 saturated carbocycles. The first kappa shape index (κ1) is 39.6. The van der Waals surface area contributed by atoms with Crippen LogP contribution < -0.4 is 0 Å². The Morgan fingerprint density at radius 2 is 0.452 bits per heavy atom. The Bertz CT molecular complexity index is 3010. The van der Waals surface area contributed by atoms with Crippen molar-refractivity contribution in [3.63, 3.8) is 0 Å². The van der Waals surface area contributed by atoms with Crippen LogP contribution in [0.3, 0.4) is 0 Å². The van der Waals surface area contributed by atoms with E-state index in [0.717, 1.165) is 51.4 Å². The highest BCUT2D eigenvalue weighted by molar-refractivity contribution is 6.30. The number of aryl methyl sites for hydroxylation is 2. The molecule has 0 fully saturated rings. The van der Waals surface area contributed by atoms with Crippen LogP contribution in [0.1, 0.15) is 75.6 Å². The summed E-state index contributed by atoms with van der Waals surface area (Å²) in [6, 6.07) is 64.2. The number of fused-ring (bicyclic) bond motifs is 5. The smallest absolute Gasteiger partial charge is 0.00259 e. The van der Waals surface area contributed by atoms with Gasteiger partial charge in [-0.15, -0.1) is 0 Å². The fourth-order valence-electron chi connectivity index (χ4n) is 11.0. The van der Waals surface area contributed by atoms with E-state index < -0.39 is 0 Å². The van der Waals surface area contributed by atoms with Crippen LogP contribution in [0.4, 0.5) is 0 Å². The van der Waals surface area contributed by atoms with Crippen molar-refractivity contribution in [1.29, 1.82) is 0 Å². The van der Waals surface area contributed by atoms with Gasteiger partial charge in [0.2, 0.25) is 0 Å². The van der Waals surface area contributed by atoms with Gasteiger partial charge in [0.1, 0.15) is 0 Å². The predicted octanol–water partition coefficient (Wildman–Crippen LogP) is 17.9. The van der Waals surface area contributed by atoms with Crippen molar-refractivity contribution in [2.75, 3.05) is 0 Å². The monoisotopic (exact) mass is 800 g/mol. The van der Waals surface area contributed by atoms with Gasteiger partial charge in [0.05, 0.1) is 0 Å². The van der Waals surface area contributed by atoms with Gasteiger partial charge >= 0.3 is 0 Å². The van der Waals surface area contributed by atoms with Crippen molar-refractivity contribution in [2.24, 2.45) is 0 Å². The Kier molecular flexibility index (Phi) is 10.9. The summed E-state index contributed by atoms with van der Waals surface area (Å²) in [4.78, 5) is 0. The van der Waals surface area contributed by atoms with Gasteiger partial charge in [-0.3, -0.25) is 0 Å². The topological polar surface area (TPSA) is 0 Å². The number of rotatable bonds is 12. The molecule has 0 heterocycles. The molecule has 0 heteroatoms. The van der Waals surface area contributed by atoms with Gasteiger partial charge in [0, 0.05) is 0 Å². The molecule has 304 valence electrons. The minimum atomic E-state index is 1.10. The molecule has 0 bridgehead atoms. The third kappa shape index (κ3) is 6.69. The van der Waals surface area contributed by atoms with Gasteiger partial charge in [-0.1, -0.05) is 199 Å². The summed E-state index contributed by atoms with van der Waals surface area (Å²) in [5.74, 6) is 0. The third-order valence-electron chi connectivity index (χ3n) is 13.4. The molecule has 0 radical (unpaired) electrons. The lowest BCUT2D eigenvalue weighted by Gasteiger charge is -2.25. The molecule has 10 aromatic carbocycles. The van der Waals surface area contributed by atoms with Gasteiger partial charge in [-0.05, 0) is 171 Å². The quantitative estimate of drug-likeness (QED) is 0.108. The summed E-state index contributed by atoms with van der Waals surface area (Å²) in [5.41, 5.74) is 16.7. The molecule has 0 aliphatic carbocycles. The molecule has 0 nitrogen and oxygen atoms in total. The highest BCUT2D eigenvalue weighted by atomic mass is 14.3. The zero-order valence-corrected chi connectivity index (χ0v) is 36.8. The van der Waals surface area contributed by atoms with Crippen LogP contribution >= 0.6 is 0 Å². The molecule has 0 atom stereocenters. The first-order valence-corrected chi connectivity index (χ1v) is 23.3. The van der Waals surface area contributed by atoms with E-state index in [9.17, 15) is 0 Å². The second-order valence-electron chi connectivity index (χ2n) is 17.3. The van der Waals surface area contributed by atoms with E-state index in [1.807, 2.05) is 0 Å². The Morgan fingerprint density at radius 1 is 0.226 bits per heavy atom. The first-order chi connectivity index (χ1) is 30.6. The molecule has 0 amide bonds. The lowest BCUT2D eigenvalue weighted by atomic mass is 9.78. The normalized spacial score (nSPS) is 11.7. The summed E-state index contributed by atoms with van der Waals surface area (Å²) in [6.45, 7) is 9.45. The van der Waals surface area contributed by atoms with E-state index in [1.165, 1.54) is 98.4 Å². The molecule has 0 aromatic heterocycles. The number of benzene rings is 10. The summed E-state index contributed by atoms with van der Waals surface area (Å²) in [7, 11) is 0. The minimum Gasteiger partial charge on any atom is -0.0651 e. The van der Waals surface area contributed by atoms with Crippen LogP contribution in [-0.2, 0) is 25.7 Å². The summed E-state index contributed by atoms with van der Waals surface area (Å²) < 4.78 is 0. The Hall–Kier alpha value is -6.50. The van der Waals surface area contributed by atoms with Crippen molar-refractivity contribution in [3.05, 3.63) is 192 Å². The average Bonchev–Trinajstić information content (AvgIpc) is 3.32. The molecular formula is C62H56. The maximum atomic E-state index is 2.65. The van der Waals surface area contributed by atoms with Gasteiger partial charge in [-0.25, -0.2) is 0 Å². The Labute approximate surface area is 367 Å². The van der Waals surface area contributed by atoms with Crippen LogP contribution in [0.25, 0.3) is 98.4 Å². The van der Waals surface area contributed by atoms with Crippen molar-refractivity contribution < 1.29 is 0 Å². The number of hydrogen-bond donors (Lipinski definition) is 0. The minimum absolute atomic E-state index is 1.10. The second-order valence-corrected chi connectivity index (χ2v) is 17.3. The van der Waals surface area contributed by atoms with E-state index in [1.54, 1.807) is 22.3 Å². The van der Waals surface area contributed by atoms with Gasteiger partial charge in [0.25, 0.3) is 0 Å². The molecule has 0 saturated heterocycles. The second kappa shape index (κ2) is 17.1. The highest BCUT2D eigenvalue weighted by Gasteiger charge is 2.25. The van der Waals surface area contributed by atoms with Crippen molar-refractivity contribution in [2.45, 2.75) is 79.1 Å². The molecule has 10 rings (SSSR count). The first-order valence-electron chi connectivity index (χ1n) is 23.3. The molecule has 0 aliphatic heterocycles. The van der Waals surface area contributed by atoms with Crippen LogP contribution in [0.15, 0.2) is 170 Å². The van der Waals surface area contributed by atoms with Crippen molar-refractivity contribution in [3.8, 4) is 44.5 Å². The van der Waals surface area contributed by atoms with E-state index >= 15 is 0 Å². The van der Waals surface area contributed by atoms with E-state index in [-0.39, 0.29) is 0 Å². The maximum absolute atomic E-state index is 2.65. The molecule has 0 spiro atoms. The molecular weight excluding hydrogens is 745 g/mol. The van der Waals surface area contributed by atoms with Crippen molar-refractivity contribution >= 4 is 53.9 Å². The average molecular weight is 801 g/mol. The summed E-state index contributed by atoms with van der Waals surface area (Å²) in [5, 5.41) is 13.3. The lowest BCUT2D eigenvalue weighted by molar-refractivity contribution is 0.810. The molecule has 0 aliphatic rings. The standard InChI is InChI=1S/C62H56/c1-5-23-45-46(24-6-2)48(26-8-4)52-38-54-53(37-51(52)47(45)25-7-3)61(43-31-17-11-18-32-43)57-39-55-56(40-58(57)62(54)44-33-19-12-20-34-44)60(42-29-15-10-16-30-42)50-36-22-21-35-49(50)59(55)41-27-13-9-14-28-41/h9-22,27-40H,5-8,23-26H2,1-4H3. The number of hydrogen-bond acceptors (Lipinski definition) is 0. The van der Waals surface area contributed by atoms with Crippen LogP contribution in [0.2, 0.25) is 0 Å². The predicted molar refractivity (Wildman–Crippen MR) is 272 cm³/mol. The zero-order chi connectivity index (χ0) is 42.2. The van der Waals surface area contributed by atoms with Crippen LogP contribution in [0.5, 0.6) is 0 Å². The van der Waals surface area contributed by atoms with Crippen LogP contribution in [0, 0.1) is 0 Å². The maximum Gasteiger partial charge on any atom is -0.00259 e.